The van der Waals surface area contributed by atoms with Crippen molar-refractivity contribution in [2.24, 2.45) is 11.8 Å². The normalized spacial score (nSPS) is 24.0. The molecule has 0 aromatic heterocycles. The highest BCUT2D eigenvalue weighted by atomic mass is 16.8. The molecular weight excluding hydrogens is 574 g/mol. The van der Waals surface area contributed by atoms with Crippen LogP contribution in [0.15, 0.2) is 48.6 Å². The Hall–Kier alpha value is -1.16. The van der Waals surface area contributed by atoms with E-state index in [9.17, 15) is 0 Å². The number of nitrogens with zero attached hydrogens (tertiary/aromatic N) is 1. The second-order valence-corrected chi connectivity index (χ2v) is 15.3. The molecule has 2 saturated heterocycles. The zero-order valence-corrected chi connectivity index (χ0v) is 31.5. The van der Waals surface area contributed by atoms with Crippen LogP contribution >= 0.6 is 0 Å². The maximum atomic E-state index is 6.89. The minimum Gasteiger partial charge on any atom is -0.344 e. The van der Waals surface area contributed by atoms with Crippen molar-refractivity contribution in [1.82, 2.24) is 4.90 Å². The largest absolute Gasteiger partial charge is 0.344 e. The van der Waals surface area contributed by atoms with Gasteiger partial charge in [0.25, 0.3) is 0 Å². The predicted octanol–water partition coefficient (Wildman–Crippen LogP) is 13.1. The molecule has 0 aromatic rings. The zero-order valence-electron chi connectivity index (χ0n) is 31.5. The van der Waals surface area contributed by atoms with Crippen LogP contribution < -0.4 is 0 Å². The van der Waals surface area contributed by atoms with E-state index >= 15 is 0 Å². The standard InChI is InChI=1S/C44H77NO2/c1-4-6-8-10-12-14-16-18-20-22-24-26-28-30-32-34-36-44(46-42-40-38-45(3)39-41(40)43(42)47-44)37-35-33-31-29-27-25-23-21-19-17-15-13-11-9-7-5-2/h12-15,18-21,40-43H,4-11,16-17,22-39H2,1-3H3/b14-12-,15-13-,20-18-,21-19-. The van der Waals surface area contributed by atoms with Crippen LogP contribution in [0, 0.1) is 11.8 Å². The van der Waals surface area contributed by atoms with Gasteiger partial charge >= 0.3 is 0 Å². The van der Waals surface area contributed by atoms with Crippen LogP contribution in [0.2, 0.25) is 0 Å². The molecule has 0 aromatic carbocycles. The van der Waals surface area contributed by atoms with Crippen molar-refractivity contribution in [3.05, 3.63) is 48.6 Å². The second kappa shape index (κ2) is 25.8. The van der Waals surface area contributed by atoms with Gasteiger partial charge in [-0.05, 0) is 84.1 Å². The van der Waals surface area contributed by atoms with Crippen LogP contribution in [0.25, 0.3) is 0 Å². The summed E-state index contributed by atoms with van der Waals surface area (Å²) in [6, 6.07) is 0. The van der Waals surface area contributed by atoms with Crippen molar-refractivity contribution in [3.8, 4) is 0 Å². The molecule has 0 bridgehead atoms. The van der Waals surface area contributed by atoms with Gasteiger partial charge in [0, 0.05) is 37.8 Å². The number of likely N-dealkylation sites (tertiary alicyclic amines) is 1. The van der Waals surface area contributed by atoms with Crippen LogP contribution in [0.5, 0.6) is 0 Å². The molecule has 4 atom stereocenters. The molecule has 0 N–H and O–H groups in total. The van der Waals surface area contributed by atoms with Gasteiger partial charge < -0.3 is 14.4 Å². The fourth-order valence-corrected chi connectivity index (χ4v) is 8.06. The van der Waals surface area contributed by atoms with Gasteiger partial charge in [-0.1, -0.05) is 140 Å². The Morgan fingerprint density at radius 3 is 1.19 bits per heavy atom. The number of ether oxygens (including phenoxy) is 2. The molecule has 3 nitrogen and oxygen atoms in total. The molecule has 0 radical (unpaired) electrons. The lowest BCUT2D eigenvalue weighted by Crippen LogP contribution is -2.52. The third kappa shape index (κ3) is 16.4. The molecule has 270 valence electrons. The highest BCUT2D eigenvalue weighted by Crippen LogP contribution is 2.53. The summed E-state index contributed by atoms with van der Waals surface area (Å²) >= 11 is 0. The van der Waals surface area contributed by atoms with Gasteiger partial charge in [-0.25, -0.2) is 0 Å². The quantitative estimate of drug-likeness (QED) is 0.0570. The van der Waals surface area contributed by atoms with Crippen molar-refractivity contribution >= 4 is 0 Å². The first-order valence-corrected chi connectivity index (χ1v) is 20.8. The van der Waals surface area contributed by atoms with Crippen LogP contribution in [0.1, 0.15) is 181 Å². The Bertz CT molecular complexity index is 804. The van der Waals surface area contributed by atoms with Crippen LogP contribution in [-0.2, 0) is 9.47 Å². The van der Waals surface area contributed by atoms with Gasteiger partial charge in [-0.2, -0.15) is 0 Å². The average Bonchev–Trinajstić information content (AvgIpc) is 3.59. The Balaban J connectivity index is 1.22. The van der Waals surface area contributed by atoms with E-state index in [0.717, 1.165) is 25.7 Å². The lowest BCUT2D eigenvalue weighted by Gasteiger charge is -2.40. The van der Waals surface area contributed by atoms with Crippen LogP contribution in [0.3, 0.4) is 0 Å². The van der Waals surface area contributed by atoms with Crippen molar-refractivity contribution < 1.29 is 9.47 Å². The molecule has 3 heteroatoms. The van der Waals surface area contributed by atoms with Crippen LogP contribution in [-0.4, -0.2) is 43.0 Å². The SMILES string of the molecule is CCCCC/C=C\C/C=C\CCCCCCCCC1(CCCCCCCC/C=C\C/C=C\CCCCC)OC2C3CN(C)CC3C2O1. The highest BCUT2D eigenvalue weighted by molar-refractivity contribution is 5.09. The number of unbranched alkanes of at least 4 members (excludes halogenated alkanes) is 18. The van der Waals surface area contributed by atoms with Gasteiger partial charge in [0.15, 0.2) is 5.79 Å². The van der Waals surface area contributed by atoms with Crippen molar-refractivity contribution in [2.45, 2.75) is 199 Å². The molecule has 1 saturated carbocycles. The first kappa shape index (κ1) is 40.3. The molecule has 2 aliphatic heterocycles. The van der Waals surface area contributed by atoms with E-state index in [2.05, 4.69) is 74.4 Å². The Kier molecular flexibility index (Phi) is 22.1. The number of fused-ring (bicyclic) bond motifs is 4. The van der Waals surface area contributed by atoms with Gasteiger partial charge in [0.05, 0.1) is 12.2 Å². The molecule has 4 unspecified atom stereocenters. The topological polar surface area (TPSA) is 21.7 Å². The molecule has 3 fully saturated rings. The fraction of sp³-hybridized carbons (Fsp3) is 0.818. The van der Waals surface area contributed by atoms with Crippen molar-refractivity contribution in [2.75, 3.05) is 20.1 Å². The first-order valence-electron chi connectivity index (χ1n) is 20.8. The summed E-state index contributed by atoms with van der Waals surface area (Å²) in [6.45, 7) is 6.94. The fourth-order valence-electron chi connectivity index (χ4n) is 8.06. The molecule has 0 amide bonds. The van der Waals surface area contributed by atoms with Gasteiger partial charge in [-0.3, -0.25) is 0 Å². The average molecular weight is 652 g/mol. The first-order chi connectivity index (χ1) is 23.2. The minimum atomic E-state index is -0.289. The summed E-state index contributed by atoms with van der Waals surface area (Å²) in [5.74, 6) is 1.13. The lowest BCUT2D eigenvalue weighted by atomic mass is 9.71. The third-order valence-corrected chi connectivity index (χ3v) is 11.0. The van der Waals surface area contributed by atoms with Crippen LogP contribution in [0.4, 0.5) is 0 Å². The lowest BCUT2D eigenvalue weighted by molar-refractivity contribution is -0.182. The van der Waals surface area contributed by atoms with E-state index in [-0.39, 0.29) is 5.79 Å². The van der Waals surface area contributed by atoms with E-state index in [0.29, 0.717) is 24.0 Å². The summed E-state index contributed by atoms with van der Waals surface area (Å²) in [4.78, 5) is 2.48. The Morgan fingerprint density at radius 1 is 0.468 bits per heavy atom. The number of hydrogen-bond donors (Lipinski definition) is 0. The number of allylic oxidation sites excluding steroid dienone is 8. The van der Waals surface area contributed by atoms with E-state index in [1.807, 2.05) is 0 Å². The molecular formula is C44H77NO2. The summed E-state index contributed by atoms with van der Waals surface area (Å²) in [6.07, 6.45) is 53.0. The third-order valence-electron chi connectivity index (χ3n) is 11.0. The molecule has 2 heterocycles. The number of hydrogen-bond acceptors (Lipinski definition) is 3. The van der Waals surface area contributed by atoms with E-state index in [1.54, 1.807) is 0 Å². The van der Waals surface area contributed by atoms with E-state index in [1.165, 1.54) is 154 Å². The molecule has 0 spiro atoms. The number of rotatable bonds is 30. The van der Waals surface area contributed by atoms with Gasteiger partial charge in [-0.15, -0.1) is 0 Å². The summed E-state index contributed by atoms with van der Waals surface area (Å²) in [7, 11) is 2.26. The predicted molar refractivity (Wildman–Crippen MR) is 205 cm³/mol. The van der Waals surface area contributed by atoms with Crippen molar-refractivity contribution in [1.29, 1.82) is 0 Å². The molecule has 3 aliphatic rings. The zero-order chi connectivity index (χ0) is 33.3. The van der Waals surface area contributed by atoms with E-state index in [4.69, 9.17) is 9.47 Å². The second-order valence-electron chi connectivity index (χ2n) is 15.3. The molecule has 47 heavy (non-hydrogen) atoms. The summed E-state index contributed by atoms with van der Waals surface area (Å²) in [5.41, 5.74) is 0. The Labute approximate surface area is 293 Å². The van der Waals surface area contributed by atoms with Crippen molar-refractivity contribution in [3.63, 3.8) is 0 Å². The van der Waals surface area contributed by atoms with E-state index < -0.39 is 0 Å². The molecule has 3 rings (SSSR count). The maximum Gasteiger partial charge on any atom is 0.169 e. The summed E-state index contributed by atoms with van der Waals surface area (Å²) in [5, 5.41) is 0. The highest BCUT2D eigenvalue weighted by Gasteiger charge is 2.63. The monoisotopic (exact) mass is 652 g/mol. The Morgan fingerprint density at radius 2 is 0.809 bits per heavy atom. The van der Waals surface area contributed by atoms with Gasteiger partial charge in [0.2, 0.25) is 0 Å². The smallest absolute Gasteiger partial charge is 0.169 e. The maximum absolute atomic E-state index is 6.89. The summed E-state index contributed by atoms with van der Waals surface area (Å²) < 4.78 is 13.8. The minimum absolute atomic E-state index is 0.289. The molecule has 1 aliphatic carbocycles. The van der Waals surface area contributed by atoms with Gasteiger partial charge in [0.1, 0.15) is 0 Å².